The summed E-state index contributed by atoms with van der Waals surface area (Å²) >= 11 is 0. The number of phenols is 1. The van der Waals surface area contributed by atoms with E-state index >= 15 is 0 Å². The van der Waals surface area contributed by atoms with Gasteiger partial charge in [-0.25, -0.2) is 0 Å². The van der Waals surface area contributed by atoms with Crippen molar-refractivity contribution >= 4 is 11.8 Å². The molecule has 2 heterocycles. The first-order chi connectivity index (χ1) is 12.5. The minimum atomic E-state index is -0.864. The van der Waals surface area contributed by atoms with Crippen LogP contribution in [0, 0.1) is 0 Å². The first-order valence-corrected chi connectivity index (χ1v) is 8.50. The lowest BCUT2D eigenvalue weighted by atomic mass is 10.1. The number of carbonyl (C=O) groups excluding carboxylic acids is 2. The summed E-state index contributed by atoms with van der Waals surface area (Å²) in [5, 5.41) is 26.7. The van der Waals surface area contributed by atoms with Crippen molar-refractivity contribution in [3.8, 4) is 5.75 Å². The highest BCUT2D eigenvalue weighted by Gasteiger charge is 2.35. The average molecular weight is 358 g/mol. The molecule has 2 amide bonds. The number of hydrogen-bond acceptors (Lipinski definition) is 5. The fourth-order valence-electron chi connectivity index (χ4n) is 3.14. The molecule has 1 fully saturated rings. The van der Waals surface area contributed by atoms with Gasteiger partial charge in [-0.3, -0.25) is 14.3 Å². The van der Waals surface area contributed by atoms with Gasteiger partial charge in [0.05, 0.1) is 17.9 Å². The topological polar surface area (TPSA) is 108 Å². The monoisotopic (exact) mass is 358 g/mol. The van der Waals surface area contributed by atoms with E-state index in [4.69, 9.17) is 0 Å². The first kappa shape index (κ1) is 17.9. The van der Waals surface area contributed by atoms with Gasteiger partial charge in [-0.1, -0.05) is 12.1 Å². The lowest BCUT2D eigenvalue weighted by Gasteiger charge is -2.24. The Hall–Kier alpha value is -2.87. The van der Waals surface area contributed by atoms with E-state index in [-0.39, 0.29) is 29.7 Å². The highest BCUT2D eigenvalue weighted by atomic mass is 16.3. The van der Waals surface area contributed by atoms with Crippen molar-refractivity contribution in [3.05, 3.63) is 47.8 Å². The molecule has 1 aliphatic rings. The van der Waals surface area contributed by atoms with Crippen LogP contribution in [0.4, 0.5) is 0 Å². The molecule has 26 heavy (non-hydrogen) atoms. The number of nitrogens with one attached hydrogen (secondary N) is 1. The minimum absolute atomic E-state index is 0.0413. The lowest BCUT2D eigenvalue weighted by Crippen LogP contribution is -2.46. The van der Waals surface area contributed by atoms with Crippen molar-refractivity contribution in [3.63, 3.8) is 0 Å². The molecule has 138 valence electrons. The fourth-order valence-corrected chi connectivity index (χ4v) is 3.14. The molecule has 1 aliphatic heterocycles. The molecule has 2 unspecified atom stereocenters. The SMILES string of the molecule is Cn1cc(C(O)CNC(=O)C2CCCN2C(=O)c2ccccc2O)cn1. The van der Waals surface area contributed by atoms with Crippen LogP contribution in [0.15, 0.2) is 36.7 Å². The Morgan fingerprint density at radius 3 is 2.85 bits per heavy atom. The second-order valence-electron chi connectivity index (χ2n) is 6.38. The van der Waals surface area contributed by atoms with E-state index in [1.54, 1.807) is 36.3 Å². The van der Waals surface area contributed by atoms with Gasteiger partial charge in [0.25, 0.3) is 5.91 Å². The number of carbonyl (C=O) groups is 2. The minimum Gasteiger partial charge on any atom is -0.507 e. The molecule has 8 heteroatoms. The molecule has 1 saturated heterocycles. The van der Waals surface area contributed by atoms with Crippen LogP contribution in [0.3, 0.4) is 0 Å². The number of para-hydroxylation sites is 1. The van der Waals surface area contributed by atoms with E-state index in [9.17, 15) is 19.8 Å². The van der Waals surface area contributed by atoms with E-state index in [0.717, 1.165) is 0 Å². The number of hydrogen-bond donors (Lipinski definition) is 3. The van der Waals surface area contributed by atoms with Crippen LogP contribution in [0.2, 0.25) is 0 Å². The molecule has 2 aromatic rings. The maximum Gasteiger partial charge on any atom is 0.258 e. The van der Waals surface area contributed by atoms with E-state index < -0.39 is 12.1 Å². The summed E-state index contributed by atoms with van der Waals surface area (Å²) in [6, 6.07) is 5.69. The zero-order valence-corrected chi connectivity index (χ0v) is 14.5. The number of benzene rings is 1. The Morgan fingerprint density at radius 2 is 2.15 bits per heavy atom. The smallest absolute Gasteiger partial charge is 0.258 e. The Morgan fingerprint density at radius 1 is 1.38 bits per heavy atom. The predicted octanol–water partition coefficient (Wildman–Crippen LogP) is 0.580. The number of phenolic OH excluding ortho intramolecular Hbond substituents is 1. The molecule has 1 aromatic carbocycles. The van der Waals surface area contributed by atoms with Crippen LogP contribution >= 0.6 is 0 Å². The van der Waals surface area contributed by atoms with Gasteiger partial charge in [-0.05, 0) is 25.0 Å². The lowest BCUT2D eigenvalue weighted by molar-refractivity contribution is -0.125. The largest absolute Gasteiger partial charge is 0.507 e. The van der Waals surface area contributed by atoms with Gasteiger partial charge in [0.1, 0.15) is 11.8 Å². The number of aryl methyl sites for hydroxylation is 1. The first-order valence-electron chi connectivity index (χ1n) is 8.50. The normalized spacial score (nSPS) is 17.9. The van der Waals surface area contributed by atoms with E-state index in [1.165, 1.54) is 17.0 Å². The Labute approximate surface area is 151 Å². The number of amides is 2. The van der Waals surface area contributed by atoms with E-state index in [2.05, 4.69) is 10.4 Å². The van der Waals surface area contributed by atoms with Crippen LogP contribution < -0.4 is 5.32 Å². The quantitative estimate of drug-likeness (QED) is 0.725. The van der Waals surface area contributed by atoms with Crippen molar-refractivity contribution in [1.82, 2.24) is 20.0 Å². The van der Waals surface area contributed by atoms with Crippen molar-refractivity contribution in [2.45, 2.75) is 25.0 Å². The molecule has 0 radical (unpaired) electrons. The molecule has 0 aliphatic carbocycles. The standard InChI is InChI=1S/C18H22N4O4/c1-21-11-12(9-20-21)16(24)10-19-17(25)14-6-4-8-22(14)18(26)13-5-2-3-7-15(13)23/h2-3,5,7,9,11,14,16,23-24H,4,6,8,10H2,1H3,(H,19,25). The Bertz CT molecular complexity index is 804. The molecule has 0 bridgehead atoms. The van der Waals surface area contributed by atoms with Gasteiger partial charge < -0.3 is 20.4 Å². The molecule has 8 nitrogen and oxygen atoms in total. The second kappa shape index (κ2) is 7.57. The van der Waals surface area contributed by atoms with Gasteiger partial charge in [0.15, 0.2) is 0 Å². The predicted molar refractivity (Wildman–Crippen MR) is 93.3 cm³/mol. The summed E-state index contributed by atoms with van der Waals surface area (Å²) in [7, 11) is 1.75. The summed E-state index contributed by atoms with van der Waals surface area (Å²) in [5.41, 5.74) is 0.795. The van der Waals surface area contributed by atoms with E-state index in [1.807, 2.05) is 0 Å². The molecule has 2 atom stereocenters. The van der Waals surface area contributed by atoms with Crippen LogP contribution in [0.25, 0.3) is 0 Å². The summed E-state index contributed by atoms with van der Waals surface area (Å²) in [4.78, 5) is 26.7. The number of aromatic hydroxyl groups is 1. The van der Waals surface area contributed by atoms with Crippen molar-refractivity contribution < 1.29 is 19.8 Å². The summed E-state index contributed by atoms with van der Waals surface area (Å²) in [6.07, 6.45) is 3.62. The van der Waals surface area contributed by atoms with Gasteiger partial charge in [-0.2, -0.15) is 5.10 Å². The van der Waals surface area contributed by atoms with Crippen LogP contribution in [-0.4, -0.2) is 55.8 Å². The second-order valence-corrected chi connectivity index (χ2v) is 6.38. The zero-order valence-electron chi connectivity index (χ0n) is 14.5. The number of rotatable bonds is 5. The zero-order chi connectivity index (χ0) is 18.7. The van der Waals surface area contributed by atoms with Crippen LogP contribution in [0.5, 0.6) is 5.75 Å². The number of aliphatic hydroxyl groups excluding tert-OH is 1. The molecule has 3 N–H and O–H groups in total. The molecule has 1 aromatic heterocycles. The van der Waals surface area contributed by atoms with Crippen molar-refractivity contribution in [2.75, 3.05) is 13.1 Å². The van der Waals surface area contributed by atoms with Gasteiger partial charge in [0, 0.05) is 31.9 Å². The summed E-state index contributed by atoms with van der Waals surface area (Å²) < 4.78 is 1.57. The van der Waals surface area contributed by atoms with Gasteiger partial charge in [0.2, 0.25) is 5.91 Å². The van der Waals surface area contributed by atoms with E-state index in [0.29, 0.717) is 24.9 Å². The third kappa shape index (κ3) is 3.70. The molecule has 0 saturated carbocycles. The summed E-state index contributed by atoms with van der Waals surface area (Å²) in [5.74, 6) is -0.779. The van der Waals surface area contributed by atoms with Gasteiger partial charge in [-0.15, -0.1) is 0 Å². The van der Waals surface area contributed by atoms with Gasteiger partial charge >= 0.3 is 0 Å². The fraction of sp³-hybridized carbons (Fsp3) is 0.389. The maximum absolute atomic E-state index is 12.7. The number of likely N-dealkylation sites (tertiary alicyclic amines) is 1. The third-order valence-electron chi connectivity index (χ3n) is 4.53. The summed E-state index contributed by atoms with van der Waals surface area (Å²) in [6.45, 7) is 0.496. The maximum atomic E-state index is 12.7. The van der Waals surface area contributed by atoms with Crippen molar-refractivity contribution in [2.24, 2.45) is 7.05 Å². The van der Waals surface area contributed by atoms with Crippen molar-refractivity contribution in [1.29, 1.82) is 0 Å². The highest BCUT2D eigenvalue weighted by molar-refractivity contribution is 5.99. The number of nitrogens with zero attached hydrogens (tertiary/aromatic N) is 3. The highest BCUT2D eigenvalue weighted by Crippen LogP contribution is 2.24. The molecule has 3 rings (SSSR count). The number of aliphatic hydroxyl groups is 1. The Kier molecular flexibility index (Phi) is 5.22. The molecular weight excluding hydrogens is 336 g/mol. The third-order valence-corrected chi connectivity index (χ3v) is 4.53. The number of aromatic nitrogens is 2. The van der Waals surface area contributed by atoms with Crippen LogP contribution in [0.1, 0.15) is 34.9 Å². The average Bonchev–Trinajstić information content (AvgIpc) is 3.28. The molecule has 0 spiro atoms. The van der Waals surface area contributed by atoms with Crippen LogP contribution in [-0.2, 0) is 11.8 Å². The Balaban J connectivity index is 1.63. The molecular formula is C18H22N4O4.